The van der Waals surface area contributed by atoms with Crippen molar-refractivity contribution in [3.63, 3.8) is 0 Å². The number of benzene rings is 2. The number of hydrogen-bond acceptors (Lipinski definition) is 6. The summed E-state index contributed by atoms with van der Waals surface area (Å²) in [4.78, 5) is 24.9. The lowest BCUT2D eigenvalue weighted by Gasteiger charge is -2.25. The van der Waals surface area contributed by atoms with Crippen LogP contribution in [-0.2, 0) is 16.0 Å². The number of hydrogen-bond donors (Lipinski definition) is 0. The lowest BCUT2D eigenvalue weighted by atomic mass is 9.94. The molecule has 0 radical (unpaired) electrons. The molecule has 0 fully saturated rings. The average molecular weight is 441 g/mol. The number of ether oxygens (including phenoxy) is 4. The molecule has 0 unspecified atom stereocenters. The summed E-state index contributed by atoms with van der Waals surface area (Å²) in [6, 6.07) is 9.45. The fraction of sp³-hybridized carbons (Fsp3) is 0.462. The highest BCUT2D eigenvalue weighted by atomic mass is 16.5. The van der Waals surface area contributed by atoms with E-state index in [4.69, 9.17) is 18.9 Å². The van der Waals surface area contributed by atoms with Crippen molar-refractivity contribution in [2.75, 3.05) is 27.4 Å². The number of unbranched alkanes of at least 4 members (excludes halogenated alkanes) is 1. The molecule has 6 heteroatoms. The van der Waals surface area contributed by atoms with E-state index in [-0.39, 0.29) is 18.4 Å². The summed E-state index contributed by atoms with van der Waals surface area (Å²) in [6.45, 7) is 6.14. The zero-order valence-corrected chi connectivity index (χ0v) is 19.6. The minimum Gasteiger partial charge on any atom is -0.493 e. The van der Waals surface area contributed by atoms with Gasteiger partial charge in [-0.1, -0.05) is 31.5 Å². The molecule has 2 aromatic carbocycles. The molecular formula is C26H32O6. The van der Waals surface area contributed by atoms with Gasteiger partial charge < -0.3 is 18.9 Å². The van der Waals surface area contributed by atoms with Crippen molar-refractivity contribution in [1.29, 1.82) is 0 Å². The second-order valence-corrected chi connectivity index (χ2v) is 8.59. The SMILES string of the molecule is CCCCOC(=O)C(C)(C)COc1c(-c2cccc3c2CCC3=O)ccc(OC)c1OC. The summed E-state index contributed by atoms with van der Waals surface area (Å²) in [5.41, 5.74) is 2.63. The summed E-state index contributed by atoms with van der Waals surface area (Å²) < 4.78 is 22.8. The smallest absolute Gasteiger partial charge is 0.314 e. The number of carbonyl (C=O) groups excluding carboxylic acids is 2. The standard InChI is InChI=1S/C26H32O6/c1-6-7-15-31-25(28)26(2,3)16-32-23-20(12-14-22(29-4)24(23)30-5)17-9-8-10-19-18(17)11-13-21(19)27/h8-10,12,14H,6-7,11,13,15-16H2,1-5H3. The van der Waals surface area contributed by atoms with Gasteiger partial charge in [0.15, 0.2) is 17.3 Å². The highest BCUT2D eigenvalue weighted by Crippen LogP contribution is 2.47. The topological polar surface area (TPSA) is 71.1 Å². The van der Waals surface area contributed by atoms with Gasteiger partial charge in [0, 0.05) is 17.5 Å². The Kier molecular flexibility index (Phi) is 7.44. The summed E-state index contributed by atoms with van der Waals surface area (Å²) in [5.74, 6) is 1.30. The second-order valence-electron chi connectivity index (χ2n) is 8.59. The number of methoxy groups -OCH3 is 2. The van der Waals surface area contributed by atoms with Crippen molar-refractivity contribution >= 4 is 11.8 Å². The zero-order chi connectivity index (χ0) is 23.3. The highest BCUT2D eigenvalue weighted by Gasteiger charge is 2.32. The molecular weight excluding hydrogens is 408 g/mol. The minimum atomic E-state index is -0.853. The molecule has 0 aliphatic heterocycles. The third-order valence-electron chi connectivity index (χ3n) is 5.73. The monoisotopic (exact) mass is 440 g/mol. The molecule has 1 aliphatic rings. The first-order valence-corrected chi connectivity index (χ1v) is 11.0. The van der Waals surface area contributed by atoms with Crippen molar-refractivity contribution in [2.45, 2.75) is 46.5 Å². The molecule has 0 bridgehead atoms. The van der Waals surface area contributed by atoms with Gasteiger partial charge in [-0.05, 0) is 49.9 Å². The van der Waals surface area contributed by atoms with Gasteiger partial charge >= 0.3 is 5.97 Å². The van der Waals surface area contributed by atoms with E-state index in [1.165, 1.54) is 0 Å². The van der Waals surface area contributed by atoms with Crippen LogP contribution in [0.2, 0.25) is 0 Å². The van der Waals surface area contributed by atoms with Crippen LogP contribution in [0.25, 0.3) is 11.1 Å². The molecule has 0 atom stereocenters. The highest BCUT2D eigenvalue weighted by molar-refractivity contribution is 6.02. The van der Waals surface area contributed by atoms with Gasteiger partial charge in [0.25, 0.3) is 0 Å². The Labute approximate surface area is 189 Å². The molecule has 0 saturated carbocycles. The molecule has 0 N–H and O–H groups in total. The average Bonchev–Trinajstić information content (AvgIpc) is 3.18. The lowest BCUT2D eigenvalue weighted by Crippen LogP contribution is -2.33. The van der Waals surface area contributed by atoms with E-state index < -0.39 is 5.41 Å². The van der Waals surface area contributed by atoms with Crippen LogP contribution in [-0.4, -0.2) is 39.2 Å². The molecule has 172 valence electrons. The summed E-state index contributed by atoms with van der Waals surface area (Å²) in [7, 11) is 3.12. The van der Waals surface area contributed by atoms with Crippen LogP contribution in [0.5, 0.6) is 17.2 Å². The molecule has 1 aliphatic carbocycles. The largest absolute Gasteiger partial charge is 0.493 e. The van der Waals surface area contributed by atoms with E-state index in [1.54, 1.807) is 28.1 Å². The van der Waals surface area contributed by atoms with Gasteiger partial charge in [0.2, 0.25) is 5.75 Å². The Hall–Kier alpha value is -3.02. The molecule has 32 heavy (non-hydrogen) atoms. The molecule has 0 spiro atoms. The Morgan fingerprint density at radius 2 is 1.72 bits per heavy atom. The molecule has 6 nitrogen and oxygen atoms in total. The normalized spacial score (nSPS) is 13.0. The maximum atomic E-state index is 12.6. The van der Waals surface area contributed by atoms with E-state index in [0.717, 1.165) is 35.1 Å². The Balaban J connectivity index is 1.98. The van der Waals surface area contributed by atoms with E-state index in [1.807, 2.05) is 37.3 Å². The van der Waals surface area contributed by atoms with Crippen LogP contribution in [0.4, 0.5) is 0 Å². The molecule has 0 aromatic heterocycles. The molecule has 2 aromatic rings. The summed E-state index contributed by atoms with van der Waals surface area (Å²) >= 11 is 0. The van der Waals surface area contributed by atoms with Crippen LogP contribution < -0.4 is 14.2 Å². The summed E-state index contributed by atoms with van der Waals surface area (Å²) in [5, 5.41) is 0. The van der Waals surface area contributed by atoms with E-state index >= 15 is 0 Å². The van der Waals surface area contributed by atoms with Crippen LogP contribution in [0, 0.1) is 5.41 Å². The predicted molar refractivity (Wildman–Crippen MR) is 123 cm³/mol. The van der Waals surface area contributed by atoms with Crippen molar-refractivity contribution < 1.29 is 28.5 Å². The third-order valence-corrected chi connectivity index (χ3v) is 5.73. The molecule has 3 rings (SSSR count). The van der Waals surface area contributed by atoms with E-state index in [0.29, 0.717) is 36.7 Å². The lowest BCUT2D eigenvalue weighted by molar-refractivity contribution is -0.155. The number of rotatable bonds is 10. The second kappa shape index (κ2) is 10.1. The molecule has 0 saturated heterocycles. The first kappa shape index (κ1) is 23.6. The van der Waals surface area contributed by atoms with Crippen molar-refractivity contribution in [3.05, 3.63) is 41.5 Å². The quantitative estimate of drug-likeness (QED) is 0.371. The van der Waals surface area contributed by atoms with Gasteiger partial charge in [-0.25, -0.2) is 0 Å². The first-order chi connectivity index (χ1) is 15.3. The van der Waals surface area contributed by atoms with Crippen LogP contribution in [0.1, 0.15) is 56.0 Å². The van der Waals surface area contributed by atoms with Gasteiger partial charge in [-0.15, -0.1) is 0 Å². The zero-order valence-electron chi connectivity index (χ0n) is 19.6. The van der Waals surface area contributed by atoms with Gasteiger partial charge in [-0.2, -0.15) is 0 Å². The Morgan fingerprint density at radius 1 is 0.969 bits per heavy atom. The fourth-order valence-electron chi connectivity index (χ4n) is 3.81. The van der Waals surface area contributed by atoms with Crippen LogP contribution in [0.15, 0.2) is 30.3 Å². The maximum Gasteiger partial charge on any atom is 0.314 e. The van der Waals surface area contributed by atoms with Crippen molar-refractivity contribution in [2.24, 2.45) is 5.41 Å². The number of carbonyl (C=O) groups is 2. The van der Waals surface area contributed by atoms with E-state index in [2.05, 4.69) is 0 Å². The maximum absolute atomic E-state index is 12.6. The number of esters is 1. The van der Waals surface area contributed by atoms with Crippen molar-refractivity contribution in [3.8, 4) is 28.4 Å². The Bertz CT molecular complexity index is 992. The van der Waals surface area contributed by atoms with Gasteiger partial charge in [0.1, 0.15) is 6.61 Å². The minimum absolute atomic E-state index is 0.0996. The number of Topliss-reactive ketones (excluding diaryl/α,β-unsaturated/α-hetero) is 1. The summed E-state index contributed by atoms with van der Waals surface area (Å²) in [6.07, 6.45) is 2.98. The molecule has 0 amide bonds. The Morgan fingerprint density at radius 3 is 2.41 bits per heavy atom. The molecule has 0 heterocycles. The third kappa shape index (κ3) is 4.74. The van der Waals surface area contributed by atoms with Crippen LogP contribution >= 0.6 is 0 Å². The first-order valence-electron chi connectivity index (χ1n) is 11.0. The predicted octanol–water partition coefficient (Wildman–Crippen LogP) is 5.25. The van der Waals surface area contributed by atoms with Gasteiger partial charge in [-0.3, -0.25) is 9.59 Å². The fourth-order valence-corrected chi connectivity index (χ4v) is 3.81. The van der Waals surface area contributed by atoms with E-state index in [9.17, 15) is 9.59 Å². The van der Waals surface area contributed by atoms with Crippen LogP contribution in [0.3, 0.4) is 0 Å². The number of fused-ring (bicyclic) bond motifs is 1. The van der Waals surface area contributed by atoms with Gasteiger partial charge in [0.05, 0.1) is 26.2 Å². The van der Waals surface area contributed by atoms with Crippen molar-refractivity contribution in [1.82, 2.24) is 0 Å². The number of ketones is 1.